The number of ether oxygens (including phenoxy) is 2. The molecule has 0 saturated heterocycles. The summed E-state index contributed by atoms with van der Waals surface area (Å²) in [6, 6.07) is 26.9. The standard InChI is InChI=1S/C25H18O5/c26-20-14-8-7-13-19(20)24(28)23-21(27)15-16-22(29-17-9-3-1-4-10-17)25(23)30-18-11-5-2-6-12-18/h1-16,26-27H. The van der Waals surface area contributed by atoms with Crippen LogP contribution in [0.1, 0.15) is 15.9 Å². The zero-order valence-corrected chi connectivity index (χ0v) is 15.9. The smallest absolute Gasteiger partial charge is 0.204 e. The first-order chi connectivity index (χ1) is 14.6. The summed E-state index contributed by atoms with van der Waals surface area (Å²) in [5.41, 5.74) is -0.0589. The lowest BCUT2D eigenvalue weighted by Gasteiger charge is -2.17. The number of phenolic OH excluding ortho intramolecular Hbond substituents is 2. The number of hydrogen-bond acceptors (Lipinski definition) is 5. The fourth-order valence-electron chi connectivity index (χ4n) is 2.98. The summed E-state index contributed by atoms with van der Waals surface area (Å²) in [5.74, 6) is 0.251. The summed E-state index contributed by atoms with van der Waals surface area (Å²) in [6.45, 7) is 0. The summed E-state index contributed by atoms with van der Waals surface area (Å²) < 4.78 is 11.9. The molecule has 148 valence electrons. The Hall–Kier alpha value is -4.25. The summed E-state index contributed by atoms with van der Waals surface area (Å²) in [6.07, 6.45) is 0. The van der Waals surface area contributed by atoms with Crippen molar-refractivity contribution < 1.29 is 24.5 Å². The molecule has 0 atom stereocenters. The van der Waals surface area contributed by atoms with Gasteiger partial charge < -0.3 is 19.7 Å². The van der Waals surface area contributed by atoms with Crippen LogP contribution in [0.3, 0.4) is 0 Å². The van der Waals surface area contributed by atoms with E-state index in [1.54, 1.807) is 48.5 Å². The Bertz CT molecular complexity index is 1170. The highest BCUT2D eigenvalue weighted by atomic mass is 16.5. The normalized spacial score (nSPS) is 10.4. The van der Waals surface area contributed by atoms with Gasteiger partial charge in [-0.25, -0.2) is 0 Å². The number of aromatic hydroxyl groups is 2. The van der Waals surface area contributed by atoms with Crippen molar-refractivity contribution in [3.05, 3.63) is 108 Å². The first-order valence-corrected chi connectivity index (χ1v) is 9.28. The van der Waals surface area contributed by atoms with Crippen LogP contribution in [0.25, 0.3) is 0 Å². The number of para-hydroxylation sites is 3. The molecule has 0 unspecified atom stereocenters. The van der Waals surface area contributed by atoms with E-state index in [1.165, 1.54) is 24.3 Å². The van der Waals surface area contributed by atoms with Gasteiger partial charge in [0.2, 0.25) is 5.78 Å². The molecular formula is C25H18O5. The monoisotopic (exact) mass is 398 g/mol. The molecule has 0 amide bonds. The Morgan fingerprint density at radius 3 is 1.80 bits per heavy atom. The van der Waals surface area contributed by atoms with Gasteiger partial charge in [-0.05, 0) is 48.5 Å². The van der Waals surface area contributed by atoms with Crippen molar-refractivity contribution in [3.8, 4) is 34.5 Å². The van der Waals surface area contributed by atoms with Crippen LogP contribution in [-0.4, -0.2) is 16.0 Å². The molecule has 0 fully saturated rings. The van der Waals surface area contributed by atoms with Gasteiger partial charge in [-0.1, -0.05) is 48.5 Å². The average molecular weight is 398 g/mol. The van der Waals surface area contributed by atoms with Gasteiger partial charge in [-0.3, -0.25) is 4.79 Å². The molecule has 0 aliphatic rings. The van der Waals surface area contributed by atoms with E-state index < -0.39 is 5.78 Å². The van der Waals surface area contributed by atoms with Crippen molar-refractivity contribution in [2.45, 2.75) is 0 Å². The molecule has 0 aliphatic carbocycles. The molecule has 0 aromatic heterocycles. The molecule has 5 nitrogen and oxygen atoms in total. The molecule has 0 aliphatic heterocycles. The molecule has 5 heteroatoms. The Morgan fingerprint density at radius 2 is 1.17 bits per heavy atom. The van der Waals surface area contributed by atoms with Crippen LogP contribution in [0.5, 0.6) is 34.5 Å². The van der Waals surface area contributed by atoms with Gasteiger partial charge in [-0.2, -0.15) is 0 Å². The van der Waals surface area contributed by atoms with E-state index in [2.05, 4.69) is 0 Å². The van der Waals surface area contributed by atoms with E-state index in [4.69, 9.17) is 9.47 Å². The minimum absolute atomic E-state index is 0.0440. The van der Waals surface area contributed by atoms with Crippen LogP contribution in [0, 0.1) is 0 Å². The van der Waals surface area contributed by atoms with E-state index in [-0.39, 0.29) is 34.1 Å². The first-order valence-electron chi connectivity index (χ1n) is 9.28. The highest BCUT2D eigenvalue weighted by Gasteiger charge is 2.26. The molecule has 4 rings (SSSR count). The van der Waals surface area contributed by atoms with Crippen molar-refractivity contribution >= 4 is 5.78 Å². The van der Waals surface area contributed by atoms with Crippen molar-refractivity contribution in [2.24, 2.45) is 0 Å². The highest BCUT2D eigenvalue weighted by molar-refractivity contribution is 6.14. The Morgan fingerprint density at radius 1 is 0.600 bits per heavy atom. The van der Waals surface area contributed by atoms with Crippen LogP contribution in [0.4, 0.5) is 0 Å². The largest absolute Gasteiger partial charge is 0.507 e. The number of hydrogen-bond donors (Lipinski definition) is 2. The summed E-state index contributed by atoms with van der Waals surface area (Å²) in [4.78, 5) is 13.2. The molecule has 4 aromatic carbocycles. The molecule has 0 spiro atoms. The van der Waals surface area contributed by atoms with Crippen LogP contribution >= 0.6 is 0 Å². The van der Waals surface area contributed by atoms with Crippen molar-refractivity contribution in [2.75, 3.05) is 0 Å². The Kier molecular flexibility index (Phi) is 5.35. The number of carbonyl (C=O) groups excluding carboxylic acids is 1. The molecule has 0 bridgehead atoms. The van der Waals surface area contributed by atoms with Crippen molar-refractivity contribution in [1.82, 2.24) is 0 Å². The fourth-order valence-corrected chi connectivity index (χ4v) is 2.98. The second-order valence-electron chi connectivity index (χ2n) is 6.46. The maximum absolute atomic E-state index is 13.2. The summed E-state index contributed by atoms with van der Waals surface area (Å²) >= 11 is 0. The van der Waals surface area contributed by atoms with Gasteiger partial charge in [0.1, 0.15) is 28.6 Å². The summed E-state index contributed by atoms with van der Waals surface area (Å²) in [7, 11) is 0. The average Bonchev–Trinajstić information content (AvgIpc) is 2.77. The van der Waals surface area contributed by atoms with Gasteiger partial charge in [0.25, 0.3) is 0 Å². The lowest BCUT2D eigenvalue weighted by molar-refractivity contribution is 0.103. The number of ketones is 1. The molecule has 0 heterocycles. The van der Waals surface area contributed by atoms with E-state index in [0.717, 1.165) is 0 Å². The van der Waals surface area contributed by atoms with Gasteiger partial charge in [0.15, 0.2) is 11.5 Å². The number of rotatable bonds is 6. The second-order valence-corrected chi connectivity index (χ2v) is 6.46. The molecule has 0 radical (unpaired) electrons. The maximum atomic E-state index is 13.2. The first kappa shape index (κ1) is 19.1. The van der Waals surface area contributed by atoms with Crippen LogP contribution in [0.2, 0.25) is 0 Å². The Labute approximate surface area is 173 Å². The van der Waals surface area contributed by atoms with E-state index in [1.807, 2.05) is 24.3 Å². The number of carbonyl (C=O) groups is 1. The van der Waals surface area contributed by atoms with E-state index >= 15 is 0 Å². The third-order valence-electron chi connectivity index (χ3n) is 4.41. The van der Waals surface area contributed by atoms with Gasteiger partial charge in [0, 0.05) is 0 Å². The quantitative estimate of drug-likeness (QED) is 0.395. The number of phenols is 2. The van der Waals surface area contributed by atoms with Gasteiger partial charge >= 0.3 is 0 Å². The molecule has 0 saturated carbocycles. The zero-order valence-electron chi connectivity index (χ0n) is 15.9. The minimum atomic E-state index is -0.588. The molecular weight excluding hydrogens is 380 g/mol. The third kappa shape index (κ3) is 3.95. The highest BCUT2D eigenvalue weighted by Crippen LogP contribution is 2.43. The second kappa shape index (κ2) is 8.41. The van der Waals surface area contributed by atoms with Crippen molar-refractivity contribution in [3.63, 3.8) is 0 Å². The lowest BCUT2D eigenvalue weighted by atomic mass is 10.00. The van der Waals surface area contributed by atoms with Crippen LogP contribution < -0.4 is 9.47 Å². The van der Waals surface area contributed by atoms with E-state index in [9.17, 15) is 15.0 Å². The van der Waals surface area contributed by atoms with Crippen LogP contribution in [-0.2, 0) is 0 Å². The molecule has 2 N–H and O–H groups in total. The van der Waals surface area contributed by atoms with Gasteiger partial charge in [-0.15, -0.1) is 0 Å². The minimum Gasteiger partial charge on any atom is -0.507 e. The summed E-state index contributed by atoms with van der Waals surface area (Å²) in [5, 5.41) is 20.7. The topological polar surface area (TPSA) is 76.0 Å². The van der Waals surface area contributed by atoms with Crippen molar-refractivity contribution in [1.29, 1.82) is 0 Å². The number of benzene rings is 4. The fraction of sp³-hybridized carbons (Fsp3) is 0. The zero-order chi connectivity index (χ0) is 20.9. The molecule has 4 aromatic rings. The maximum Gasteiger partial charge on any atom is 0.204 e. The SMILES string of the molecule is O=C(c1ccccc1O)c1c(O)ccc(Oc2ccccc2)c1Oc1ccccc1. The van der Waals surface area contributed by atoms with E-state index in [0.29, 0.717) is 11.5 Å². The third-order valence-corrected chi connectivity index (χ3v) is 4.41. The van der Waals surface area contributed by atoms with Crippen LogP contribution in [0.15, 0.2) is 97.1 Å². The van der Waals surface area contributed by atoms with Gasteiger partial charge in [0.05, 0.1) is 5.56 Å². The lowest BCUT2D eigenvalue weighted by Crippen LogP contribution is -2.06. The molecule has 30 heavy (non-hydrogen) atoms. The predicted molar refractivity (Wildman–Crippen MR) is 113 cm³/mol. The Balaban J connectivity index is 1.86. The predicted octanol–water partition coefficient (Wildman–Crippen LogP) is 5.91.